The van der Waals surface area contributed by atoms with Crippen molar-refractivity contribution < 1.29 is 4.79 Å². The second-order valence-corrected chi connectivity index (χ2v) is 3.86. The zero-order valence-electron chi connectivity index (χ0n) is 7.13. The Hall–Kier alpha value is 0.01000. The van der Waals surface area contributed by atoms with Gasteiger partial charge in [-0.05, 0) is 0 Å². The van der Waals surface area contributed by atoms with Crippen LogP contribution in [0.15, 0.2) is 0 Å². The fourth-order valence-corrected chi connectivity index (χ4v) is 1.88. The molecule has 70 valence electrons. The summed E-state index contributed by atoms with van der Waals surface area (Å²) < 4.78 is 0. The predicted octanol–water partition coefficient (Wildman–Crippen LogP) is 0.768. The SMILES string of the molecule is CN(C)N1CC(CCl)C(Cl)C1=O. The number of amides is 1. The number of halogens is 2. The minimum atomic E-state index is -0.454. The molecule has 0 aliphatic carbocycles. The Labute approximate surface area is 82.2 Å². The van der Waals surface area contributed by atoms with Crippen molar-refractivity contribution >= 4 is 29.1 Å². The fraction of sp³-hybridized carbons (Fsp3) is 0.857. The van der Waals surface area contributed by atoms with Crippen LogP contribution in [0.2, 0.25) is 0 Å². The van der Waals surface area contributed by atoms with Gasteiger partial charge in [0, 0.05) is 32.4 Å². The summed E-state index contributed by atoms with van der Waals surface area (Å²) in [6, 6.07) is 0. The zero-order valence-corrected chi connectivity index (χ0v) is 8.64. The van der Waals surface area contributed by atoms with Gasteiger partial charge in [-0.15, -0.1) is 23.2 Å². The monoisotopic (exact) mass is 210 g/mol. The molecule has 1 fully saturated rings. The summed E-state index contributed by atoms with van der Waals surface area (Å²) in [5, 5.41) is 2.90. The van der Waals surface area contributed by atoms with Crippen LogP contribution in [0.25, 0.3) is 0 Å². The Morgan fingerprint density at radius 1 is 1.67 bits per heavy atom. The maximum atomic E-state index is 11.4. The molecule has 0 saturated carbocycles. The van der Waals surface area contributed by atoms with Crippen molar-refractivity contribution in [2.45, 2.75) is 5.38 Å². The number of hydrogen-bond acceptors (Lipinski definition) is 2. The van der Waals surface area contributed by atoms with Crippen LogP contribution in [0.1, 0.15) is 0 Å². The van der Waals surface area contributed by atoms with Gasteiger partial charge in [0.1, 0.15) is 5.38 Å². The first-order valence-electron chi connectivity index (χ1n) is 3.76. The number of rotatable bonds is 2. The molecule has 1 saturated heterocycles. The van der Waals surface area contributed by atoms with Gasteiger partial charge in [0.2, 0.25) is 0 Å². The molecule has 0 spiro atoms. The van der Waals surface area contributed by atoms with E-state index in [2.05, 4.69) is 0 Å². The molecule has 1 amide bonds. The van der Waals surface area contributed by atoms with Crippen molar-refractivity contribution in [1.82, 2.24) is 10.0 Å². The summed E-state index contributed by atoms with van der Waals surface area (Å²) in [6.07, 6.45) is 0. The van der Waals surface area contributed by atoms with E-state index >= 15 is 0 Å². The van der Waals surface area contributed by atoms with Crippen molar-refractivity contribution in [3.05, 3.63) is 0 Å². The molecule has 0 bridgehead atoms. The lowest BCUT2D eigenvalue weighted by Gasteiger charge is -2.23. The van der Waals surface area contributed by atoms with E-state index in [0.29, 0.717) is 12.4 Å². The first-order chi connectivity index (χ1) is 5.57. The Bertz CT molecular complexity index is 186. The summed E-state index contributed by atoms with van der Waals surface area (Å²) in [5.41, 5.74) is 0. The molecule has 12 heavy (non-hydrogen) atoms. The third-order valence-electron chi connectivity index (χ3n) is 1.99. The van der Waals surface area contributed by atoms with Gasteiger partial charge < -0.3 is 0 Å². The van der Waals surface area contributed by atoms with Crippen molar-refractivity contribution in [1.29, 1.82) is 0 Å². The molecule has 1 aliphatic rings. The molecule has 0 aromatic rings. The second-order valence-electron chi connectivity index (χ2n) is 3.08. The summed E-state index contributed by atoms with van der Waals surface area (Å²) in [7, 11) is 3.64. The van der Waals surface area contributed by atoms with E-state index in [0.717, 1.165) is 0 Å². The molecule has 1 heterocycles. The smallest absolute Gasteiger partial charge is 0.255 e. The number of carbonyl (C=O) groups excluding carboxylic acids is 1. The van der Waals surface area contributed by atoms with Crippen LogP contribution >= 0.6 is 23.2 Å². The Morgan fingerprint density at radius 2 is 2.25 bits per heavy atom. The Morgan fingerprint density at radius 3 is 2.50 bits per heavy atom. The molecule has 2 unspecified atom stereocenters. The van der Waals surface area contributed by atoms with Gasteiger partial charge in [-0.1, -0.05) is 0 Å². The van der Waals surface area contributed by atoms with Gasteiger partial charge in [-0.3, -0.25) is 9.80 Å². The maximum absolute atomic E-state index is 11.4. The maximum Gasteiger partial charge on any atom is 0.255 e. The van der Waals surface area contributed by atoms with Crippen LogP contribution in [0.5, 0.6) is 0 Å². The topological polar surface area (TPSA) is 23.6 Å². The molecule has 2 atom stereocenters. The van der Waals surface area contributed by atoms with E-state index in [1.165, 1.54) is 0 Å². The minimum absolute atomic E-state index is 0.0488. The summed E-state index contributed by atoms with van der Waals surface area (Å²) in [6.45, 7) is 0.628. The van der Waals surface area contributed by atoms with Crippen LogP contribution in [0.3, 0.4) is 0 Å². The van der Waals surface area contributed by atoms with Crippen LogP contribution in [-0.2, 0) is 4.79 Å². The highest BCUT2D eigenvalue weighted by Crippen LogP contribution is 2.24. The van der Waals surface area contributed by atoms with Gasteiger partial charge >= 0.3 is 0 Å². The van der Waals surface area contributed by atoms with Gasteiger partial charge in [-0.25, -0.2) is 5.01 Å². The van der Waals surface area contributed by atoms with Crippen molar-refractivity contribution in [2.75, 3.05) is 26.5 Å². The molecule has 0 aromatic heterocycles. The number of carbonyl (C=O) groups is 1. The quantitative estimate of drug-likeness (QED) is 0.630. The summed E-state index contributed by atoms with van der Waals surface area (Å²) in [4.78, 5) is 11.4. The first kappa shape index (κ1) is 10.1. The third kappa shape index (κ3) is 1.68. The van der Waals surface area contributed by atoms with Crippen LogP contribution in [0.4, 0.5) is 0 Å². The zero-order chi connectivity index (χ0) is 9.30. The van der Waals surface area contributed by atoms with Gasteiger partial charge in [0.05, 0.1) is 0 Å². The lowest BCUT2D eigenvalue weighted by molar-refractivity contribution is -0.138. The van der Waals surface area contributed by atoms with Gasteiger partial charge in [0.15, 0.2) is 0 Å². The van der Waals surface area contributed by atoms with E-state index < -0.39 is 5.38 Å². The molecule has 0 radical (unpaired) electrons. The van der Waals surface area contributed by atoms with E-state index in [1.54, 1.807) is 10.0 Å². The van der Waals surface area contributed by atoms with Crippen LogP contribution in [-0.4, -0.2) is 47.8 Å². The normalized spacial score (nSPS) is 30.4. The molecule has 0 aromatic carbocycles. The predicted molar refractivity (Wildman–Crippen MR) is 49.3 cm³/mol. The Kier molecular flexibility index (Phi) is 3.21. The number of hydrogen-bond donors (Lipinski definition) is 0. The van der Waals surface area contributed by atoms with Crippen molar-refractivity contribution in [2.24, 2.45) is 5.92 Å². The van der Waals surface area contributed by atoms with Crippen molar-refractivity contribution in [3.63, 3.8) is 0 Å². The number of hydrazine groups is 1. The van der Waals surface area contributed by atoms with E-state index in [9.17, 15) is 4.79 Å². The third-order valence-corrected chi connectivity index (χ3v) is 2.93. The van der Waals surface area contributed by atoms with Crippen molar-refractivity contribution in [3.8, 4) is 0 Å². The minimum Gasteiger partial charge on any atom is -0.274 e. The highest BCUT2D eigenvalue weighted by molar-refractivity contribution is 6.32. The first-order valence-corrected chi connectivity index (χ1v) is 4.73. The fourth-order valence-electron chi connectivity index (χ4n) is 1.24. The van der Waals surface area contributed by atoms with E-state index in [4.69, 9.17) is 23.2 Å². The largest absolute Gasteiger partial charge is 0.274 e. The van der Waals surface area contributed by atoms with Gasteiger partial charge in [-0.2, -0.15) is 0 Å². The number of nitrogens with zero attached hydrogens (tertiary/aromatic N) is 2. The van der Waals surface area contributed by atoms with E-state index in [1.807, 2.05) is 14.1 Å². The average molecular weight is 211 g/mol. The second kappa shape index (κ2) is 3.81. The van der Waals surface area contributed by atoms with Crippen LogP contribution in [0, 0.1) is 5.92 Å². The molecule has 3 nitrogen and oxygen atoms in total. The molecule has 1 rings (SSSR count). The Balaban J connectivity index is 2.67. The van der Waals surface area contributed by atoms with Gasteiger partial charge in [0.25, 0.3) is 5.91 Å². The standard InChI is InChI=1S/C7H12Cl2N2O/c1-10(2)11-4-5(3-8)6(9)7(11)12/h5-6H,3-4H2,1-2H3. The van der Waals surface area contributed by atoms with Crippen LogP contribution < -0.4 is 0 Å². The van der Waals surface area contributed by atoms with E-state index in [-0.39, 0.29) is 11.8 Å². The number of alkyl halides is 2. The lowest BCUT2D eigenvalue weighted by atomic mass is 10.1. The molecular weight excluding hydrogens is 199 g/mol. The summed E-state index contributed by atoms with van der Waals surface area (Å²) in [5.74, 6) is 0.458. The molecule has 0 N–H and O–H groups in total. The highest BCUT2D eigenvalue weighted by Gasteiger charge is 2.39. The molecule has 1 aliphatic heterocycles. The highest BCUT2D eigenvalue weighted by atomic mass is 35.5. The lowest BCUT2D eigenvalue weighted by Crippen LogP contribution is -2.39. The average Bonchev–Trinajstić information content (AvgIpc) is 2.30. The summed E-state index contributed by atoms with van der Waals surface area (Å²) >= 11 is 11.5. The molecular formula is C7H12Cl2N2O. The molecule has 5 heteroatoms.